The summed E-state index contributed by atoms with van der Waals surface area (Å²) in [5.41, 5.74) is 6.95. The summed E-state index contributed by atoms with van der Waals surface area (Å²) in [6, 6.07) is 9.73. The third-order valence-corrected chi connectivity index (χ3v) is 5.12. The fourth-order valence-corrected chi connectivity index (χ4v) is 3.62. The molecule has 0 unspecified atom stereocenters. The highest BCUT2D eigenvalue weighted by molar-refractivity contribution is 6.08. The Labute approximate surface area is 175 Å². The quantitative estimate of drug-likeness (QED) is 0.607. The van der Waals surface area contributed by atoms with Gasteiger partial charge in [0.2, 0.25) is 5.91 Å². The number of anilines is 2. The predicted octanol–water partition coefficient (Wildman–Crippen LogP) is 3.57. The number of carbonyl (C=O) groups excluding carboxylic acids is 2. The van der Waals surface area contributed by atoms with E-state index in [2.05, 4.69) is 25.9 Å². The molecule has 152 valence electrons. The van der Waals surface area contributed by atoms with E-state index in [1.165, 1.54) is 6.92 Å². The molecule has 0 fully saturated rings. The maximum Gasteiger partial charge on any atom is 0.254 e. The summed E-state index contributed by atoms with van der Waals surface area (Å²) in [5, 5.41) is 8.92. The molecule has 0 bridgehead atoms. The lowest BCUT2D eigenvalue weighted by molar-refractivity contribution is -0.114. The minimum Gasteiger partial charge on any atom is -0.366 e. The largest absolute Gasteiger partial charge is 0.366 e. The summed E-state index contributed by atoms with van der Waals surface area (Å²) in [5.74, 6) is 0.394. The Morgan fingerprint density at radius 2 is 1.93 bits per heavy atom. The number of rotatable bonds is 5. The fourth-order valence-electron chi connectivity index (χ4n) is 3.62. The van der Waals surface area contributed by atoms with Crippen molar-refractivity contribution in [2.75, 3.05) is 10.6 Å². The first-order chi connectivity index (χ1) is 14.4. The molecule has 4 rings (SSSR count). The van der Waals surface area contributed by atoms with Crippen LogP contribution in [0, 0.1) is 13.8 Å². The van der Waals surface area contributed by atoms with Crippen molar-refractivity contribution in [3.05, 3.63) is 70.7 Å². The van der Waals surface area contributed by atoms with Crippen LogP contribution in [0.2, 0.25) is 0 Å². The van der Waals surface area contributed by atoms with Gasteiger partial charge in [0.25, 0.3) is 5.91 Å². The van der Waals surface area contributed by atoms with Crippen molar-refractivity contribution in [2.45, 2.75) is 33.9 Å². The number of fused-ring (bicyclic) bond motifs is 1. The van der Waals surface area contributed by atoms with Gasteiger partial charge in [-0.3, -0.25) is 14.6 Å². The van der Waals surface area contributed by atoms with Crippen molar-refractivity contribution in [3.63, 3.8) is 0 Å². The summed E-state index contributed by atoms with van der Waals surface area (Å²) in [6.07, 6.45) is 3.68. The molecule has 30 heavy (non-hydrogen) atoms. The molecule has 0 spiro atoms. The highest BCUT2D eigenvalue weighted by atomic mass is 16.2. The van der Waals surface area contributed by atoms with Gasteiger partial charge >= 0.3 is 0 Å². The van der Waals surface area contributed by atoms with Crippen LogP contribution in [0.4, 0.5) is 11.5 Å². The lowest BCUT2D eigenvalue weighted by Gasteiger charge is -2.14. The molecule has 7 heteroatoms. The van der Waals surface area contributed by atoms with Gasteiger partial charge in [0.15, 0.2) is 0 Å². The van der Waals surface area contributed by atoms with E-state index in [-0.39, 0.29) is 11.8 Å². The smallest absolute Gasteiger partial charge is 0.254 e. The molecule has 3 aromatic rings. The zero-order chi connectivity index (χ0) is 21.3. The zero-order valence-electron chi connectivity index (χ0n) is 17.2. The molecule has 3 heterocycles. The normalized spacial score (nSPS) is 12.3. The average molecular weight is 401 g/mol. The zero-order valence-corrected chi connectivity index (χ0v) is 17.2. The number of aromatic nitrogens is 2. The van der Waals surface area contributed by atoms with Crippen molar-refractivity contribution in [3.8, 4) is 11.1 Å². The van der Waals surface area contributed by atoms with Crippen molar-refractivity contribution in [1.29, 1.82) is 0 Å². The maximum atomic E-state index is 12.3. The number of hydrogen-bond donors (Lipinski definition) is 3. The first-order valence-corrected chi connectivity index (χ1v) is 9.76. The SMILES string of the molecule is CC(=O)Nc1ccc(-c2cnc(NCc3ccc(C)nc3)cc2C)c2c1C(=O)NC2. The van der Waals surface area contributed by atoms with Crippen LogP contribution in [0.1, 0.15) is 39.7 Å². The van der Waals surface area contributed by atoms with E-state index in [4.69, 9.17) is 0 Å². The van der Waals surface area contributed by atoms with Crippen molar-refractivity contribution in [1.82, 2.24) is 15.3 Å². The highest BCUT2D eigenvalue weighted by Gasteiger charge is 2.26. The van der Waals surface area contributed by atoms with E-state index in [1.54, 1.807) is 6.07 Å². The Morgan fingerprint density at radius 3 is 2.63 bits per heavy atom. The van der Waals surface area contributed by atoms with E-state index in [1.807, 2.05) is 50.5 Å². The molecule has 2 amide bonds. The van der Waals surface area contributed by atoms with Crippen LogP contribution in [0.5, 0.6) is 0 Å². The van der Waals surface area contributed by atoms with Crippen LogP contribution in [-0.2, 0) is 17.9 Å². The third-order valence-electron chi connectivity index (χ3n) is 5.12. The second-order valence-electron chi connectivity index (χ2n) is 7.42. The number of aryl methyl sites for hydroxylation is 2. The summed E-state index contributed by atoms with van der Waals surface area (Å²) < 4.78 is 0. The number of nitrogens with one attached hydrogen (secondary N) is 3. The minimum absolute atomic E-state index is 0.175. The van der Waals surface area contributed by atoms with Crippen LogP contribution in [-0.4, -0.2) is 21.8 Å². The Kier molecular flexibility index (Phi) is 5.18. The van der Waals surface area contributed by atoms with Crippen LogP contribution >= 0.6 is 0 Å². The van der Waals surface area contributed by atoms with Gasteiger partial charge in [-0.15, -0.1) is 0 Å². The van der Waals surface area contributed by atoms with Gasteiger partial charge in [0, 0.05) is 43.7 Å². The summed E-state index contributed by atoms with van der Waals surface area (Å²) in [4.78, 5) is 32.7. The van der Waals surface area contributed by atoms with Crippen LogP contribution in [0.3, 0.4) is 0 Å². The van der Waals surface area contributed by atoms with Crippen LogP contribution < -0.4 is 16.0 Å². The summed E-state index contributed by atoms with van der Waals surface area (Å²) in [7, 11) is 0. The lowest BCUT2D eigenvalue weighted by Crippen LogP contribution is -2.15. The van der Waals surface area contributed by atoms with Crippen molar-refractivity contribution >= 4 is 23.3 Å². The molecule has 0 radical (unpaired) electrons. The summed E-state index contributed by atoms with van der Waals surface area (Å²) >= 11 is 0. The second kappa shape index (κ2) is 7.94. The topological polar surface area (TPSA) is 96.0 Å². The van der Waals surface area contributed by atoms with Gasteiger partial charge in [-0.1, -0.05) is 12.1 Å². The average Bonchev–Trinajstić information content (AvgIpc) is 3.10. The second-order valence-corrected chi connectivity index (χ2v) is 7.42. The molecule has 0 atom stereocenters. The molecule has 2 aromatic heterocycles. The number of carbonyl (C=O) groups is 2. The van der Waals surface area contributed by atoms with Gasteiger partial charge in [-0.05, 0) is 54.3 Å². The third kappa shape index (κ3) is 3.87. The Hall–Kier alpha value is -3.74. The predicted molar refractivity (Wildman–Crippen MR) is 116 cm³/mol. The molecule has 7 nitrogen and oxygen atoms in total. The number of pyridine rings is 2. The van der Waals surface area contributed by atoms with E-state index in [0.717, 1.165) is 39.3 Å². The molecule has 0 saturated carbocycles. The molecule has 1 aliphatic rings. The molecule has 1 aliphatic heterocycles. The molecular formula is C23H23N5O2. The van der Waals surface area contributed by atoms with Gasteiger partial charge in [-0.2, -0.15) is 0 Å². The van der Waals surface area contributed by atoms with Crippen LogP contribution in [0.15, 0.2) is 42.7 Å². The highest BCUT2D eigenvalue weighted by Crippen LogP contribution is 2.35. The fraction of sp³-hybridized carbons (Fsp3) is 0.217. The van der Waals surface area contributed by atoms with Crippen LogP contribution in [0.25, 0.3) is 11.1 Å². The molecular weight excluding hydrogens is 378 g/mol. The molecule has 0 aliphatic carbocycles. The monoisotopic (exact) mass is 401 g/mol. The first kappa shape index (κ1) is 19.6. The molecule has 1 aromatic carbocycles. The van der Waals surface area contributed by atoms with Crippen molar-refractivity contribution < 1.29 is 9.59 Å². The van der Waals surface area contributed by atoms with Gasteiger partial charge in [0.05, 0.1) is 11.3 Å². The Bertz CT molecular complexity index is 1140. The Balaban J connectivity index is 1.61. The lowest BCUT2D eigenvalue weighted by atomic mass is 9.94. The van der Waals surface area contributed by atoms with E-state index < -0.39 is 0 Å². The van der Waals surface area contributed by atoms with Gasteiger partial charge in [-0.25, -0.2) is 4.98 Å². The number of nitrogens with zero attached hydrogens (tertiary/aromatic N) is 2. The van der Waals surface area contributed by atoms with E-state index in [9.17, 15) is 9.59 Å². The summed E-state index contributed by atoms with van der Waals surface area (Å²) in [6.45, 7) is 6.48. The van der Waals surface area contributed by atoms with Crippen molar-refractivity contribution in [2.24, 2.45) is 0 Å². The molecule has 3 N–H and O–H groups in total. The van der Waals surface area contributed by atoms with E-state index >= 15 is 0 Å². The Morgan fingerprint density at radius 1 is 1.10 bits per heavy atom. The maximum absolute atomic E-state index is 12.3. The first-order valence-electron chi connectivity index (χ1n) is 9.76. The standard InChI is InChI=1S/C23H23N5O2/c1-13-8-21(25-10-16-5-4-14(2)24-9-16)26-11-18(13)17-6-7-20(28-15(3)29)22-19(17)12-27-23(22)30/h4-9,11H,10,12H2,1-3H3,(H,25,26)(H,27,30)(H,28,29). The number of amides is 2. The number of benzene rings is 1. The minimum atomic E-state index is -0.207. The van der Waals surface area contributed by atoms with E-state index in [0.29, 0.717) is 24.3 Å². The van der Waals surface area contributed by atoms with Gasteiger partial charge in [0.1, 0.15) is 5.82 Å². The molecule has 0 saturated heterocycles. The number of hydrogen-bond acceptors (Lipinski definition) is 5. The van der Waals surface area contributed by atoms with Gasteiger partial charge < -0.3 is 16.0 Å².